The maximum Gasteiger partial charge on any atom is 0.321 e. The number of carbonyl (C=O) groups is 2. The van der Waals surface area contributed by atoms with Gasteiger partial charge in [0.1, 0.15) is 0 Å². The molecule has 106 valence electrons. The Morgan fingerprint density at radius 2 is 1.89 bits per heavy atom. The summed E-state index contributed by atoms with van der Waals surface area (Å²) < 4.78 is 0. The van der Waals surface area contributed by atoms with Gasteiger partial charge in [0.05, 0.1) is 6.54 Å². The Labute approximate surface area is 107 Å². The molecule has 7 nitrogen and oxygen atoms in total. The largest absolute Gasteiger partial charge is 0.396 e. The van der Waals surface area contributed by atoms with Gasteiger partial charge in [0, 0.05) is 32.2 Å². The van der Waals surface area contributed by atoms with Crippen molar-refractivity contribution in [3.05, 3.63) is 0 Å². The summed E-state index contributed by atoms with van der Waals surface area (Å²) in [5.74, 6) is -0.697. The van der Waals surface area contributed by atoms with E-state index in [-0.39, 0.29) is 25.7 Å². The lowest BCUT2D eigenvalue weighted by molar-refractivity contribution is -0.121. The molecule has 0 fully saturated rings. The van der Waals surface area contributed by atoms with Crippen LogP contribution in [0.3, 0.4) is 0 Å². The number of aliphatic hydroxyl groups is 2. The molecule has 0 saturated carbocycles. The summed E-state index contributed by atoms with van der Waals surface area (Å²) in [5, 5.41) is 22.5. The number of urea groups is 1. The van der Waals surface area contributed by atoms with Crippen molar-refractivity contribution in [2.24, 2.45) is 5.92 Å². The molecule has 0 bridgehead atoms. The third kappa shape index (κ3) is 7.99. The molecule has 0 unspecified atom stereocenters. The van der Waals surface area contributed by atoms with Crippen LogP contribution in [-0.2, 0) is 4.79 Å². The van der Waals surface area contributed by atoms with Crippen molar-refractivity contribution < 1.29 is 19.8 Å². The maximum absolute atomic E-state index is 11.4. The van der Waals surface area contributed by atoms with Gasteiger partial charge in [0.15, 0.2) is 0 Å². The molecule has 0 aromatic rings. The quantitative estimate of drug-likeness (QED) is 0.437. The van der Waals surface area contributed by atoms with Gasteiger partial charge in [-0.05, 0) is 13.5 Å². The summed E-state index contributed by atoms with van der Waals surface area (Å²) in [5.41, 5.74) is 0. The number of hydrogen-bond donors (Lipinski definition) is 4. The van der Waals surface area contributed by atoms with Crippen molar-refractivity contribution in [3.63, 3.8) is 0 Å². The molecule has 0 aliphatic rings. The molecule has 0 rings (SSSR count). The highest BCUT2D eigenvalue weighted by Crippen LogP contribution is 1.96. The number of likely N-dealkylation sites (N-methyl/N-ethyl adjacent to an activating group) is 1. The summed E-state index contributed by atoms with van der Waals surface area (Å²) in [6.07, 6.45) is 0.802. The van der Waals surface area contributed by atoms with E-state index in [2.05, 4.69) is 10.6 Å². The van der Waals surface area contributed by atoms with Gasteiger partial charge in [-0.1, -0.05) is 6.92 Å². The molecule has 0 saturated heterocycles. The first-order valence-electron chi connectivity index (χ1n) is 6.01. The van der Waals surface area contributed by atoms with Gasteiger partial charge in [0.2, 0.25) is 5.91 Å². The second-order valence-corrected chi connectivity index (χ2v) is 4.23. The van der Waals surface area contributed by atoms with E-state index in [9.17, 15) is 9.59 Å². The number of amides is 3. The second kappa shape index (κ2) is 9.81. The monoisotopic (exact) mass is 261 g/mol. The van der Waals surface area contributed by atoms with Crippen LogP contribution >= 0.6 is 0 Å². The predicted molar refractivity (Wildman–Crippen MR) is 67.0 cm³/mol. The summed E-state index contributed by atoms with van der Waals surface area (Å²) >= 11 is 0. The van der Waals surface area contributed by atoms with Crippen molar-refractivity contribution in [1.82, 2.24) is 15.5 Å². The molecule has 0 atom stereocenters. The van der Waals surface area contributed by atoms with Gasteiger partial charge >= 0.3 is 6.03 Å². The fourth-order valence-corrected chi connectivity index (χ4v) is 1.37. The van der Waals surface area contributed by atoms with E-state index in [0.29, 0.717) is 13.1 Å². The molecule has 4 N–H and O–H groups in total. The number of nitrogens with one attached hydrogen (secondary N) is 2. The average molecular weight is 261 g/mol. The zero-order valence-corrected chi connectivity index (χ0v) is 11.0. The Balaban J connectivity index is 3.89. The topological polar surface area (TPSA) is 102 Å². The molecule has 0 aromatic carbocycles. The van der Waals surface area contributed by atoms with Gasteiger partial charge in [-0.2, -0.15) is 0 Å². The molecule has 7 heteroatoms. The number of hydrogen-bond acceptors (Lipinski definition) is 5. The summed E-state index contributed by atoms with van der Waals surface area (Å²) in [7, 11) is 1.68. The van der Waals surface area contributed by atoms with E-state index in [1.54, 1.807) is 11.9 Å². The Bertz CT molecular complexity index is 257. The first kappa shape index (κ1) is 16.8. The highest BCUT2D eigenvalue weighted by atomic mass is 16.3. The van der Waals surface area contributed by atoms with Crippen molar-refractivity contribution in [2.45, 2.75) is 13.3 Å². The van der Waals surface area contributed by atoms with Crippen LogP contribution in [-0.4, -0.2) is 66.9 Å². The summed E-state index contributed by atoms with van der Waals surface area (Å²) in [6.45, 7) is 2.58. The van der Waals surface area contributed by atoms with E-state index >= 15 is 0 Å². The number of aliphatic hydroxyl groups excluding tert-OH is 2. The Kier molecular flexibility index (Phi) is 9.17. The van der Waals surface area contributed by atoms with Gasteiger partial charge in [-0.3, -0.25) is 15.0 Å². The van der Waals surface area contributed by atoms with Crippen LogP contribution < -0.4 is 10.6 Å². The fourth-order valence-electron chi connectivity index (χ4n) is 1.37. The zero-order chi connectivity index (χ0) is 14.0. The van der Waals surface area contributed by atoms with Crippen LogP contribution in [0.15, 0.2) is 0 Å². The lowest BCUT2D eigenvalue weighted by Gasteiger charge is -2.20. The smallest absolute Gasteiger partial charge is 0.321 e. The van der Waals surface area contributed by atoms with Crippen molar-refractivity contribution in [2.75, 3.05) is 39.9 Å². The lowest BCUT2D eigenvalue weighted by Crippen LogP contribution is -2.45. The molecule has 3 amide bonds. The molecular formula is C11H23N3O4. The minimum Gasteiger partial charge on any atom is -0.396 e. The Morgan fingerprint density at radius 1 is 1.28 bits per heavy atom. The minimum absolute atomic E-state index is 0.0377. The van der Waals surface area contributed by atoms with Crippen LogP contribution in [0.1, 0.15) is 13.3 Å². The van der Waals surface area contributed by atoms with Crippen LogP contribution in [0.4, 0.5) is 4.79 Å². The molecular weight excluding hydrogens is 238 g/mol. The highest BCUT2D eigenvalue weighted by Gasteiger charge is 2.13. The van der Waals surface area contributed by atoms with E-state index in [1.807, 2.05) is 6.92 Å². The number of imide groups is 1. The number of carbonyl (C=O) groups excluding carboxylic acids is 2. The lowest BCUT2D eigenvalue weighted by atomic mass is 10.1. The molecule has 0 heterocycles. The molecule has 0 spiro atoms. The van der Waals surface area contributed by atoms with Gasteiger partial charge < -0.3 is 15.5 Å². The van der Waals surface area contributed by atoms with Gasteiger partial charge in [-0.15, -0.1) is 0 Å². The Hall–Kier alpha value is -1.18. The predicted octanol–water partition coefficient (Wildman–Crippen LogP) is -1.25. The van der Waals surface area contributed by atoms with Gasteiger partial charge in [-0.25, -0.2) is 4.79 Å². The summed E-state index contributed by atoms with van der Waals surface area (Å²) in [6, 6.07) is -0.504. The van der Waals surface area contributed by atoms with Crippen molar-refractivity contribution >= 4 is 11.9 Å². The number of rotatable bonds is 8. The standard InChI is InChI=1S/C11H23N3O4/c1-3-4-12-11(18)13-10(17)6-14(2)5-9(7-15)8-16/h9,15-16H,3-8H2,1-2H3,(H2,12,13,17,18). The molecule has 0 aromatic heterocycles. The zero-order valence-electron chi connectivity index (χ0n) is 11.0. The van der Waals surface area contributed by atoms with E-state index in [0.717, 1.165) is 6.42 Å². The van der Waals surface area contributed by atoms with Crippen molar-refractivity contribution in [3.8, 4) is 0 Å². The van der Waals surface area contributed by atoms with E-state index < -0.39 is 11.9 Å². The SMILES string of the molecule is CCCNC(=O)NC(=O)CN(C)CC(CO)CO. The van der Waals surface area contributed by atoms with Crippen LogP contribution in [0.5, 0.6) is 0 Å². The van der Waals surface area contributed by atoms with Crippen LogP contribution in [0.25, 0.3) is 0 Å². The first-order valence-corrected chi connectivity index (χ1v) is 6.01. The maximum atomic E-state index is 11.4. The average Bonchev–Trinajstić information content (AvgIpc) is 2.33. The molecule has 18 heavy (non-hydrogen) atoms. The highest BCUT2D eigenvalue weighted by molar-refractivity contribution is 5.95. The number of nitrogens with zero attached hydrogens (tertiary/aromatic N) is 1. The summed E-state index contributed by atoms with van der Waals surface area (Å²) in [4.78, 5) is 24.3. The van der Waals surface area contributed by atoms with Crippen LogP contribution in [0.2, 0.25) is 0 Å². The van der Waals surface area contributed by atoms with Crippen LogP contribution in [0, 0.1) is 5.92 Å². The Morgan fingerprint density at radius 3 is 2.39 bits per heavy atom. The molecule has 0 radical (unpaired) electrons. The third-order valence-electron chi connectivity index (χ3n) is 2.29. The van der Waals surface area contributed by atoms with E-state index in [4.69, 9.17) is 10.2 Å². The molecule has 0 aliphatic heterocycles. The normalized spacial score (nSPS) is 10.8. The van der Waals surface area contributed by atoms with E-state index in [1.165, 1.54) is 0 Å². The minimum atomic E-state index is -0.504. The van der Waals surface area contributed by atoms with Crippen molar-refractivity contribution in [1.29, 1.82) is 0 Å². The fraction of sp³-hybridized carbons (Fsp3) is 0.818. The van der Waals surface area contributed by atoms with Gasteiger partial charge in [0.25, 0.3) is 0 Å². The third-order valence-corrected chi connectivity index (χ3v) is 2.29. The second-order valence-electron chi connectivity index (χ2n) is 4.23. The molecule has 0 aliphatic carbocycles. The first-order chi connectivity index (χ1) is 8.53.